The number of amides is 1. The summed E-state index contributed by atoms with van der Waals surface area (Å²) in [5, 5.41) is 0. The van der Waals surface area contributed by atoms with Gasteiger partial charge in [0.05, 0.1) is 13.2 Å². The molecule has 1 aliphatic heterocycles. The number of carbonyl (C=O) groups excluding carboxylic acids is 3. The van der Waals surface area contributed by atoms with Crippen LogP contribution < -0.4 is 10.5 Å². The van der Waals surface area contributed by atoms with Gasteiger partial charge in [-0.05, 0) is 47.9 Å². The molecule has 7 nitrogen and oxygen atoms in total. The molecule has 0 atom stereocenters. The van der Waals surface area contributed by atoms with Gasteiger partial charge in [-0.1, -0.05) is 32.1 Å². The summed E-state index contributed by atoms with van der Waals surface area (Å²) in [5.74, 6) is -0.131. The van der Waals surface area contributed by atoms with Crippen LogP contribution in [0.2, 0.25) is 0 Å². The van der Waals surface area contributed by atoms with Gasteiger partial charge in [0.25, 0.3) is 5.91 Å². The van der Waals surface area contributed by atoms with Crippen molar-refractivity contribution in [3.05, 3.63) is 64.7 Å². The van der Waals surface area contributed by atoms with Gasteiger partial charge in [-0.15, -0.1) is 0 Å². The molecule has 0 radical (unpaired) electrons. The van der Waals surface area contributed by atoms with Crippen molar-refractivity contribution in [1.29, 1.82) is 0 Å². The number of hydrogen-bond donors (Lipinski definition) is 1. The molecule has 8 heteroatoms. The minimum atomic E-state index is -0.445. The maximum atomic E-state index is 12.6. The Morgan fingerprint density at radius 3 is 2.45 bits per heavy atom. The lowest BCUT2D eigenvalue weighted by atomic mass is 10.1. The number of nitrogens with zero attached hydrogens (tertiary/aromatic N) is 1. The molecule has 3 rings (SSSR count). The highest BCUT2D eigenvalue weighted by Crippen LogP contribution is 2.24. The van der Waals surface area contributed by atoms with Crippen LogP contribution in [0.1, 0.15) is 45.7 Å². The molecule has 1 heterocycles. The van der Waals surface area contributed by atoms with Crippen molar-refractivity contribution in [2.75, 3.05) is 19.8 Å². The minimum absolute atomic E-state index is 0.0440. The first kappa shape index (κ1) is 22.4. The van der Waals surface area contributed by atoms with Crippen LogP contribution in [-0.2, 0) is 16.1 Å². The van der Waals surface area contributed by atoms with Crippen molar-refractivity contribution in [2.24, 2.45) is 11.7 Å². The van der Waals surface area contributed by atoms with Crippen molar-refractivity contribution in [3.8, 4) is 5.75 Å². The van der Waals surface area contributed by atoms with Crippen LogP contribution in [0, 0.1) is 5.92 Å². The Morgan fingerprint density at radius 1 is 1.13 bits per heavy atom. The SMILES string of the molecule is CC(C)COC(=O)COc1ccc(C(=O)CN2Cc3cc(C(N)=S)ccc3C2=O)cc1. The second kappa shape index (κ2) is 9.70. The number of Topliss-reactive ketones (excluding diaryl/α,β-unsaturated/α-hetero) is 1. The van der Waals surface area contributed by atoms with Crippen LogP contribution in [0.4, 0.5) is 0 Å². The van der Waals surface area contributed by atoms with Gasteiger partial charge in [-0.2, -0.15) is 0 Å². The number of rotatable bonds is 9. The molecule has 0 spiro atoms. The van der Waals surface area contributed by atoms with Gasteiger partial charge in [-0.25, -0.2) is 4.79 Å². The number of thiocarbonyl (C=S) groups is 1. The van der Waals surface area contributed by atoms with Gasteiger partial charge >= 0.3 is 5.97 Å². The van der Waals surface area contributed by atoms with Gasteiger partial charge < -0.3 is 20.1 Å². The maximum absolute atomic E-state index is 12.6. The van der Waals surface area contributed by atoms with E-state index in [1.807, 2.05) is 13.8 Å². The highest BCUT2D eigenvalue weighted by atomic mass is 32.1. The van der Waals surface area contributed by atoms with E-state index in [4.69, 9.17) is 27.4 Å². The van der Waals surface area contributed by atoms with E-state index in [9.17, 15) is 14.4 Å². The molecule has 2 aromatic carbocycles. The first-order chi connectivity index (χ1) is 14.7. The summed E-state index contributed by atoms with van der Waals surface area (Å²) in [4.78, 5) is 38.6. The Labute approximate surface area is 186 Å². The van der Waals surface area contributed by atoms with E-state index in [1.54, 1.807) is 42.5 Å². The molecule has 1 aliphatic rings. The number of benzene rings is 2. The lowest BCUT2D eigenvalue weighted by molar-refractivity contribution is -0.147. The highest BCUT2D eigenvalue weighted by molar-refractivity contribution is 7.80. The lowest BCUT2D eigenvalue weighted by Gasteiger charge is -2.14. The summed E-state index contributed by atoms with van der Waals surface area (Å²) in [6.45, 7) is 4.33. The monoisotopic (exact) mass is 440 g/mol. The average Bonchev–Trinajstić information content (AvgIpc) is 3.05. The fourth-order valence-corrected chi connectivity index (χ4v) is 3.23. The lowest BCUT2D eigenvalue weighted by Crippen LogP contribution is -2.30. The van der Waals surface area contributed by atoms with Crippen molar-refractivity contribution < 1.29 is 23.9 Å². The largest absolute Gasteiger partial charge is 0.482 e. The van der Waals surface area contributed by atoms with Crippen molar-refractivity contribution in [1.82, 2.24) is 4.90 Å². The van der Waals surface area contributed by atoms with Crippen LogP contribution in [0.3, 0.4) is 0 Å². The molecule has 0 saturated heterocycles. The summed E-state index contributed by atoms with van der Waals surface area (Å²) in [5.41, 5.74) is 8.15. The predicted molar refractivity (Wildman–Crippen MR) is 119 cm³/mol. The van der Waals surface area contributed by atoms with Crippen LogP contribution in [0.15, 0.2) is 42.5 Å². The molecule has 2 N–H and O–H groups in total. The van der Waals surface area contributed by atoms with Gasteiger partial charge in [0, 0.05) is 23.2 Å². The standard InChI is InChI=1S/C23H24N2O5S/c1-14(2)12-30-21(27)13-29-18-6-3-15(4-7-18)20(26)11-25-10-17-9-16(22(24)31)5-8-19(17)23(25)28/h3-9,14H,10-13H2,1-2H3,(H2,24,31). The third-order valence-electron chi connectivity index (χ3n) is 4.71. The van der Waals surface area contributed by atoms with Gasteiger partial charge in [-0.3, -0.25) is 9.59 Å². The Balaban J connectivity index is 1.55. The highest BCUT2D eigenvalue weighted by Gasteiger charge is 2.29. The summed E-state index contributed by atoms with van der Waals surface area (Å²) >= 11 is 4.98. The maximum Gasteiger partial charge on any atom is 0.344 e. The summed E-state index contributed by atoms with van der Waals surface area (Å²) in [7, 11) is 0. The Hall–Kier alpha value is -3.26. The molecule has 0 fully saturated rings. The van der Waals surface area contributed by atoms with E-state index >= 15 is 0 Å². The molecule has 162 valence electrons. The second-order valence-corrected chi connectivity index (χ2v) is 8.15. The Bertz CT molecular complexity index is 1020. The predicted octanol–water partition coefficient (Wildman–Crippen LogP) is 2.74. The molecule has 2 aromatic rings. The van der Waals surface area contributed by atoms with Crippen molar-refractivity contribution in [3.63, 3.8) is 0 Å². The third-order valence-corrected chi connectivity index (χ3v) is 4.95. The topological polar surface area (TPSA) is 98.9 Å². The molecule has 1 amide bonds. The smallest absolute Gasteiger partial charge is 0.344 e. The molecular weight excluding hydrogens is 416 g/mol. The van der Waals surface area contributed by atoms with E-state index in [0.29, 0.717) is 35.6 Å². The number of esters is 1. The average molecular weight is 441 g/mol. The Kier molecular flexibility index (Phi) is 7.02. The van der Waals surface area contributed by atoms with E-state index in [0.717, 1.165) is 5.56 Å². The molecule has 0 bridgehead atoms. The van der Waals surface area contributed by atoms with Gasteiger partial charge in [0.2, 0.25) is 0 Å². The first-order valence-electron chi connectivity index (χ1n) is 9.88. The molecule has 0 aromatic heterocycles. The normalized spacial score (nSPS) is 12.6. The first-order valence-corrected chi connectivity index (χ1v) is 10.3. The number of ether oxygens (including phenoxy) is 2. The van der Waals surface area contributed by atoms with E-state index < -0.39 is 5.97 Å². The quantitative estimate of drug-likeness (QED) is 0.364. The molecule has 0 aliphatic carbocycles. The summed E-state index contributed by atoms with van der Waals surface area (Å²) in [6.07, 6.45) is 0. The zero-order valence-corrected chi connectivity index (χ0v) is 18.2. The van der Waals surface area contributed by atoms with Crippen LogP contribution in [0.25, 0.3) is 0 Å². The number of ketones is 1. The van der Waals surface area contributed by atoms with Crippen LogP contribution in [0.5, 0.6) is 5.75 Å². The Morgan fingerprint density at radius 2 is 1.81 bits per heavy atom. The van der Waals surface area contributed by atoms with E-state index in [-0.39, 0.29) is 35.7 Å². The number of nitrogens with two attached hydrogens (primary N) is 1. The van der Waals surface area contributed by atoms with Gasteiger partial charge in [0.15, 0.2) is 12.4 Å². The third kappa shape index (κ3) is 5.67. The van der Waals surface area contributed by atoms with E-state index in [2.05, 4.69) is 0 Å². The number of carbonyl (C=O) groups is 3. The number of fused-ring (bicyclic) bond motifs is 1. The van der Waals surface area contributed by atoms with Crippen molar-refractivity contribution >= 4 is 34.9 Å². The minimum Gasteiger partial charge on any atom is -0.482 e. The second-order valence-electron chi connectivity index (χ2n) is 7.71. The molecule has 0 saturated carbocycles. The summed E-state index contributed by atoms with van der Waals surface area (Å²) < 4.78 is 10.4. The zero-order valence-electron chi connectivity index (χ0n) is 17.4. The van der Waals surface area contributed by atoms with Crippen LogP contribution >= 0.6 is 12.2 Å². The fraction of sp³-hybridized carbons (Fsp3) is 0.304. The zero-order chi connectivity index (χ0) is 22.5. The molecule has 31 heavy (non-hydrogen) atoms. The fourth-order valence-electron chi connectivity index (χ4n) is 3.11. The van der Waals surface area contributed by atoms with E-state index in [1.165, 1.54) is 4.90 Å². The van der Waals surface area contributed by atoms with Gasteiger partial charge in [0.1, 0.15) is 10.7 Å². The number of hydrogen-bond acceptors (Lipinski definition) is 6. The van der Waals surface area contributed by atoms with Crippen molar-refractivity contribution in [2.45, 2.75) is 20.4 Å². The molecule has 0 unspecified atom stereocenters. The van der Waals surface area contributed by atoms with Crippen LogP contribution in [-0.4, -0.2) is 47.3 Å². The summed E-state index contributed by atoms with van der Waals surface area (Å²) in [6, 6.07) is 11.6. The molecular formula is C23H24N2O5S.